The van der Waals surface area contributed by atoms with Crippen LogP contribution in [0.4, 0.5) is 11.4 Å². The van der Waals surface area contributed by atoms with Gasteiger partial charge in [0.25, 0.3) is 0 Å². The second-order valence-corrected chi connectivity index (χ2v) is 18.3. The minimum atomic E-state index is -0.573. The van der Waals surface area contributed by atoms with Crippen molar-refractivity contribution in [2.24, 2.45) is 4.99 Å². The van der Waals surface area contributed by atoms with Crippen LogP contribution in [0.1, 0.15) is 66.1 Å². The fraction of sp³-hybridized carbons (Fsp3) is 0.119. The normalized spacial score (nSPS) is 16.1. The van der Waals surface area contributed by atoms with Gasteiger partial charge in [0.15, 0.2) is 0 Å². The van der Waals surface area contributed by atoms with Crippen LogP contribution in [0.15, 0.2) is 186 Å². The summed E-state index contributed by atoms with van der Waals surface area (Å²) >= 11 is 0. The lowest BCUT2D eigenvalue weighted by Crippen LogP contribution is -2.27. The molecule has 5 aliphatic rings. The van der Waals surface area contributed by atoms with E-state index in [0.29, 0.717) is 5.56 Å². The van der Waals surface area contributed by atoms with Crippen molar-refractivity contribution in [2.75, 3.05) is 45.1 Å². The van der Waals surface area contributed by atoms with Crippen LogP contribution in [-0.4, -0.2) is 52.0 Å². The first-order valence-electron chi connectivity index (χ1n) is 22.3. The van der Waals surface area contributed by atoms with Gasteiger partial charge >= 0.3 is 5.97 Å². The number of rotatable bonds is 5. The Kier molecular flexibility index (Phi) is 7.68. The summed E-state index contributed by atoms with van der Waals surface area (Å²) in [5.74, 6) is -0.370. The van der Waals surface area contributed by atoms with Crippen LogP contribution in [0.3, 0.4) is 0 Å². The van der Waals surface area contributed by atoms with Crippen molar-refractivity contribution < 1.29 is 9.53 Å². The lowest BCUT2D eigenvalue weighted by molar-refractivity contribution is 0.0600. The molecule has 1 aromatic heterocycles. The van der Waals surface area contributed by atoms with Crippen molar-refractivity contribution in [3.05, 3.63) is 242 Å². The van der Waals surface area contributed by atoms with Gasteiger partial charge in [-0.25, -0.2) is 9.79 Å². The molecule has 0 fully saturated rings. The number of benzene rings is 7. The molecule has 4 aliphatic carbocycles. The number of carbonyl (C=O) groups is 1. The Balaban J connectivity index is 1.11. The first-order valence-corrected chi connectivity index (χ1v) is 22.3. The quantitative estimate of drug-likeness (QED) is 0.175. The summed E-state index contributed by atoms with van der Waals surface area (Å²) in [7, 11) is 9.86. The zero-order valence-corrected chi connectivity index (χ0v) is 36.8. The van der Waals surface area contributed by atoms with E-state index < -0.39 is 10.8 Å². The van der Waals surface area contributed by atoms with Crippen LogP contribution in [-0.2, 0) is 15.6 Å². The molecule has 2 spiro atoms. The minimum Gasteiger partial charge on any atom is -0.465 e. The molecule has 2 heterocycles. The van der Waals surface area contributed by atoms with Crippen molar-refractivity contribution in [2.45, 2.75) is 10.8 Å². The molecular weight excluding hydrogens is 797 g/mol. The standard InChI is InChI=1S/C59H44N4O2/c1-62(2)36-26-28-42-48(30-36)58(44-18-10-6-14-38(44)39-15-7-11-19-45(39)58)50-32-52(60-55(42)50)54(34-22-24-35(25-23-34)57(64)65-5)53-33-51-56(61-53)43-29-27-37(63(3)4)31-49(43)59(51)46-20-12-8-16-40(46)41-17-9-13-21-47(41)59/h6-33,60H,1-5H3/b54-53+. The highest BCUT2D eigenvalue weighted by Gasteiger charge is 2.56. The Morgan fingerprint density at radius 1 is 0.508 bits per heavy atom. The molecule has 312 valence electrons. The summed E-state index contributed by atoms with van der Waals surface area (Å²) in [4.78, 5) is 27.0. The van der Waals surface area contributed by atoms with E-state index >= 15 is 0 Å². The largest absolute Gasteiger partial charge is 0.465 e. The van der Waals surface area contributed by atoms with E-state index in [1.165, 1.54) is 79.4 Å². The summed E-state index contributed by atoms with van der Waals surface area (Å²) < 4.78 is 5.15. The number of allylic oxidation sites excluding steroid dienone is 2. The smallest absolute Gasteiger partial charge is 0.337 e. The highest BCUT2D eigenvalue weighted by Crippen LogP contribution is 2.65. The molecule has 0 unspecified atom stereocenters. The van der Waals surface area contributed by atoms with Gasteiger partial charge < -0.3 is 19.5 Å². The predicted molar refractivity (Wildman–Crippen MR) is 262 cm³/mol. The number of aromatic nitrogens is 1. The second-order valence-electron chi connectivity index (χ2n) is 18.3. The molecule has 0 saturated heterocycles. The average molecular weight is 841 g/mol. The molecular formula is C59H44N4O2. The van der Waals surface area contributed by atoms with Gasteiger partial charge in [0.05, 0.1) is 40.6 Å². The Hall–Kier alpha value is -7.96. The number of fused-ring (bicyclic) bond motifs is 20. The number of hydrogen-bond donors (Lipinski definition) is 1. The molecule has 0 radical (unpaired) electrons. The maximum Gasteiger partial charge on any atom is 0.337 e. The van der Waals surface area contributed by atoms with Crippen molar-refractivity contribution in [1.29, 1.82) is 0 Å². The highest BCUT2D eigenvalue weighted by atomic mass is 16.5. The number of ether oxygens (including phenoxy) is 1. The highest BCUT2D eigenvalue weighted by molar-refractivity contribution is 6.24. The molecule has 1 aliphatic heterocycles. The minimum absolute atomic E-state index is 0.370. The van der Waals surface area contributed by atoms with Crippen LogP contribution >= 0.6 is 0 Å². The third kappa shape index (κ3) is 4.73. The molecule has 7 aromatic carbocycles. The Bertz CT molecular complexity index is 3420. The number of nitrogens with zero attached hydrogens (tertiary/aromatic N) is 3. The Labute approximate surface area is 378 Å². The molecule has 0 bridgehead atoms. The van der Waals surface area contributed by atoms with Crippen LogP contribution in [0.25, 0.3) is 39.1 Å². The summed E-state index contributed by atoms with van der Waals surface area (Å²) in [6, 6.07) is 59.6. The van der Waals surface area contributed by atoms with Gasteiger partial charge in [-0.05, 0) is 115 Å². The third-order valence-corrected chi connectivity index (χ3v) is 14.8. The average Bonchev–Trinajstić information content (AvgIpc) is 4.18. The number of esters is 1. The number of hydrogen-bond acceptors (Lipinski definition) is 5. The maximum absolute atomic E-state index is 12.8. The molecule has 1 N–H and O–H groups in total. The number of H-pyrrole nitrogens is 1. The van der Waals surface area contributed by atoms with E-state index in [4.69, 9.17) is 9.73 Å². The number of aromatic amines is 1. The van der Waals surface area contributed by atoms with Crippen molar-refractivity contribution >= 4 is 28.6 Å². The zero-order chi connectivity index (χ0) is 43.9. The molecule has 8 aromatic rings. The molecule has 0 amide bonds. The summed E-state index contributed by atoms with van der Waals surface area (Å²) in [6.07, 6.45) is 2.35. The molecule has 6 nitrogen and oxygen atoms in total. The van der Waals surface area contributed by atoms with E-state index in [-0.39, 0.29) is 5.97 Å². The first-order chi connectivity index (χ1) is 31.7. The van der Waals surface area contributed by atoms with Gasteiger partial charge in [-0.15, -0.1) is 0 Å². The Morgan fingerprint density at radius 2 is 0.985 bits per heavy atom. The van der Waals surface area contributed by atoms with Gasteiger partial charge in [-0.3, -0.25) is 0 Å². The van der Waals surface area contributed by atoms with Crippen LogP contribution in [0.2, 0.25) is 0 Å². The molecule has 0 atom stereocenters. The fourth-order valence-corrected chi connectivity index (χ4v) is 12.1. The Morgan fingerprint density at radius 3 is 1.51 bits per heavy atom. The molecule has 65 heavy (non-hydrogen) atoms. The van der Waals surface area contributed by atoms with E-state index in [0.717, 1.165) is 50.9 Å². The molecule has 0 saturated carbocycles. The van der Waals surface area contributed by atoms with Gasteiger partial charge in [-0.1, -0.05) is 121 Å². The van der Waals surface area contributed by atoms with E-state index in [1.807, 2.05) is 24.3 Å². The van der Waals surface area contributed by atoms with E-state index in [9.17, 15) is 4.79 Å². The third-order valence-electron chi connectivity index (χ3n) is 14.8. The van der Waals surface area contributed by atoms with Gasteiger partial charge in [0.2, 0.25) is 0 Å². The maximum atomic E-state index is 12.8. The van der Waals surface area contributed by atoms with E-state index in [1.54, 1.807) is 0 Å². The number of anilines is 2. The van der Waals surface area contributed by atoms with Crippen molar-refractivity contribution in [3.63, 3.8) is 0 Å². The number of nitrogens with one attached hydrogen (secondary N) is 1. The summed E-state index contributed by atoms with van der Waals surface area (Å²) in [5, 5.41) is 0. The second kappa shape index (κ2) is 13.3. The monoisotopic (exact) mass is 840 g/mol. The van der Waals surface area contributed by atoms with Crippen LogP contribution < -0.4 is 9.80 Å². The lowest BCUT2D eigenvalue weighted by atomic mass is 9.70. The zero-order valence-electron chi connectivity index (χ0n) is 36.8. The van der Waals surface area contributed by atoms with Gasteiger partial charge in [-0.2, -0.15) is 0 Å². The molecule has 6 heteroatoms. The van der Waals surface area contributed by atoms with Crippen molar-refractivity contribution in [3.8, 4) is 33.5 Å². The van der Waals surface area contributed by atoms with Crippen LogP contribution in [0, 0.1) is 0 Å². The fourth-order valence-electron chi connectivity index (χ4n) is 12.1. The summed E-state index contributed by atoms with van der Waals surface area (Å²) in [5.41, 5.74) is 24.9. The lowest BCUT2D eigenvalue weighted by Gasteiger charge is -2.30. The number of aliphatic imine (C=N–C) groups is 1. The van der Waals surface area contributed by atoms with E-state index in [2.05, 4.69) is 189 Å². The number of methoxy groups -OCH3 is 1. The van der Waals surface area contributed by atoms with Gasteiger partial charge in [0.1, 0.15) is 0 Å². The topological polar surface area (TPSA) is 60.9 Å². The van der Waals surface area contributed by atoms with Crippen molar-refractivity contribution in [1.82, 2.24) is 4.98 Å². The van der Waals surface area contributed by atoms with Gasteiger partial charge in [0, 0.05) is 67.5 Å². The SMILES string of the molecule is COC(=O)c1ccc(/C(=C2/C=C3C(=N2)c2ccc(N(C)C)cc2C32c3ccccc3-c3ccccc32)c2cc3c([nH]2)-c2ccc(N(C)C)cc2C32c3ccccc3-c3ccccc32)cc1. The molecule has 13 rings (SSSR count). The number of carbonyl (C=O) groups excluding carboxylic acids is 1. The first kappa shape index (κ1) is 37.6. The predicted octanol–water partition coefficient (Wildman–Crippen LogP) is 11.8. The summed E-state index contributed by atoms with van der Waals surface area (Å²) in [6.45, 7) is 0. The van der Waals surface area contributed by atoms with Crippen LogP contribution in [0.5, 0.6) is 0 Å².